The Labute approximate surface area is 145 Å². The van der Waals surface area contributed by atoms with Crippen LogP contribution in [0, 0.1) is 11.7 Å². The number of aromatic nitrogens is 1. The second-order valence-electron chi connectivity index (χ2n) is 6.61. The van der Waals surface area contributed by atoms with E-state index in [2.05, 4.69) is 37.1 Å². The number of benzene rings is 1. The molecule has 4 heteroatoms. The minimum Gasteiger partial charge on any atom is -0.312 e. The SMILES string of the molecule is CC.CC1CN(C(c2ccc3cc(F)ccc3n2)C(C)C)CCN1. The summed E-state index contributed by atoms with van der Waals surface area (Å²) in [6, 6.07) is 9.65. The Morgan fingerprint density at radius 1 is 1.21 bits per heavy atom. The molecule has 0 saturated carbocycles. The standard InChI is InChI=1S/C18H24FN3.C2H6/c1-12(2)18(22-9-8-20-13(3)11-22)17-6-4-14-10-15(19)5-7-16(14)21-17;1-2/h4-7,10,12-13,18,20H,8-9,11H2,1-3H3;1-2H3. The Kier molecular flexibility index (Phi) is 6.69. The Hall–Kier alpha value is -1.52. The first-order chi connectivity index (χ1) is 11.5. The Bertz CT molecular complexity index is 656. The van der Waals surface area contributed by atoms with Crippen LogP contribution in [0.5, 0.6) is 0 Å². The fourth-order valence-electron chi connectivity index (χ4n) is 3.44. The van der Waals surface area contributed by atoms with Gasteiger partial charge in [0, 0.05) is 31.1 Å². The van der Waals surface area contributed by atoms with E-state index < -0.39 is 0 Å². The molecule has 1 aliphatic heterocycles. The maximum Gasteiger partial charge on any atom is 0.123 e. The lowest BCUT2D eigenvalue weighted by molar-refractivity contribution is 0.114. The van der Waals surface area contributed by atoms with E-state index >= 15 is 0 Å². The van der Waals surface area contributed by atoms with Crippen LogP contribution in [0.25, 0.3) is 10.9 Å². The minimum absolute atomic E-state index is 0.210. The predicted molar refractivity (Wildman–Crippen MR) is 99.7 cm³/mol. The van der Waals surface area contributed by atoms with Crippen LogP contribution in [0.3, 0.4) is 0 Å². The Balaban J connectivity index is 0.00000100. The van der Waals surface area contributed by atoms with E-state index in [1.54, 1.807) is 12.1 Å². The zero-order chi connectivity index (χ0) is 17.7. The second-order valence-corrected chi connectivity index (χ2v) is 6.61. The van der Waals surface area contributed by atoms with Gasteiger partial charge in [0.1, 0.15) is 5.82 Å². The van der Waals surface area contributed by atoms with Crippen molar-refractivity contribution in [1.82, 2.24) is 15.2 Å². The molecule has 0 radical (unpaired) electrons. The van der Waals surface area contributed by atoms with Crippen molar-refractivity contribution >= 4 is 10.9 Å². The van der Waals surface area contributed by atoms with Gasteiger partial charge in [0.05, 0.1) is 17.3 Å². The van der Waals surface area contributed by atoms with Gasteiger partial charge in [0.2, 0.25) is 0 Å². The molecule has 1 aromatic carbocycles. The van der Waals surface area contributed by atoms with Crippen LogP contribution < -0.4 is 5.32 Å². The van der Waals surface area contributed by atoms with Crippen molar-refractivity contribution in [3.8, 4) is 0 Å². The molecule has 3 rings (SSSR count). The lowest BCUT2D eigenvalue weighted by atomic mass is 9.96. The van der Waals surface area contributed by atoms with Crippen LogP contribution in [0.1, 0.15) is 46.4 Å². The molecule has 2 unspecified atom stereocenters. The number of halogens is 1. The number of hydrogen-bond donors (Lipinski definition) is 1. The van der Waals surface area contributed by atoms with Crippen LogP contribution in [-0.2, 0) is 0 Å². The maximum atomic E-state index is 13.3. The topological polar surface area (TPSA) is 28.2 Å². The van der Waals surface area contributed by atoms with Crippen LogP contribution in [-0.4, -0.2) is 35.6 Å². The van der Waals surface area contributed by atoms with E-state index in [4.69, 9.17) is 4.98 Å². The molecule has 0 bridgehead atoms. The highest BCUT2D eigenvalue weighted by molar-refractivity contribution is 5.78. The summed E-state index contributed by atoms with van der Waals surface area (Å²) in [4.78, 5) is 7.33. The number of hydrogen-bond acceptors (Lipinski definition) is 3. The van der Waals surface area contributed by atoms with Gasteiger partial charge in [0.15, 0.2) is 0 Å². The minimum atomic E-state index is -0.210. The van der Waals surface area contributed by atoms with Gasteiger partial charge in [-0.25, -0.2) is 4.39 Å². The quantitative estimate of drug-likeness (QED) is 0.904. The first-order valence-corrected chi connectivity index (χ1v) is 9.08. The van der Waals surface area contributed by atoms with Gasteiger partial charge in [-0.05, 0) is 37.1 Å². The van der Waals surface area contributed by atoms with Crippen molar-refractivity contribution in [1.29, 1.82) is 0 Å². The summed E-state index contributed by atoms with van der Waals surface area (Å²) in [5, 5.41) is 4.35. The summed E-state index contributed by atoms with van der Waals surface area (Å²) in [5.41, 5.74) is 1.95. The van der Waals surface area contributed by atoms with Crippen LogP contribution in [0.4, 0.5) is 4.39 Å². The molecular formula is C20H30FN3. The highest BCUT2D eigenvalue weighted by Gasteiger charge is 2.28. The Morgan fingerprint density at radius 3 is 2.62 bits per heavy atom. The van der Waals surface area contributed by atoms with Crippen molar-refractivity contribution in [2.75, 3.05) is 19.6 Å². The van der Waals surface area contributed by atoms with Crippen LogP contribution in [0.15, 0.2) is 30.3 Å². The highest BCUT2D eigenvalue weighted by atomic mass is 19.1. The second kappa shape index (κ2) is 8.54. The van der Waals surface area contributed by atoms with Gasteiger partial charge < -0.3 is 5.32 Å². The van der Waals surface area contributed by atoms with Gasteiger partial charge in [-0.15, -0.1) is 0 Å². The molecule has 2 heterocycles. The number of nitrogens with zero attached hydrogens (tertiary/aromatic N) is 2. The van der Waals surface area contributed by atoms with Gasteiger partial charge in [-0.2, -0.15) is 0 Å². The molecule has 132 valence electrons. The summed E-state index contributed by atoms with van der Waals surface area (Å²) in [6.45, 7) is 13.8. The lowest BCUT2D eigenvalue weighted by Crippen LogP contribution is -2.51. The highest BCUT2D eigenvalue weighted by Crippen LogP contribution is 2.29. The third-order valence-corrected chi connectivity index (χ3v) is 4.40. The number of fused-ring (bicyclic) bond motifs is 1. The zero-order valence-corrected chi connectivity index (χ0v) is 15.5. The number of rotatable bonds is 3. The average molecular weight is 331 g/mol. The van der Waals surface area contributed by atoms with E-state index in [0.717, 1.165) is 36.2 Å². The summed E-state index contributed by atoms with van der Waals surface area (Å²) < 4.78 is 13.3. The summed E-state index contributed by atoms with van der Waals surface area (Å²) in [5.74, 6) is 0.272. The van der Waals surface area contributed by atoms with Crippen molar-refractivity contribution < 1.29 is 4.39 Å². The normalized spacial score (nSPS) is 19.9. The lowest BCUT2D eigenvalue weighted by Gasteiger charge is -2.39. The van der Waals surface area contributed by atoms with E-state index in [1.165, 1.54) is 6.07 Å². The Morgan fingerprint density at radius 2 is 1.96 bits per heavy atom. The van der Waals surface area contributed by atoms with Crippen molar-refractivity contribution in [2.24, 2.45) is 5.92 Å². The van der Waals surface area contributed by atoms with Crippen molar-refractivity contribution in [2.45, 2.75) is 46.7 Å². The first kappa shape index (κ1) is 18.8. The van der Waals surface area contributed by atoms with Crippen LogP contribution >= 0.6 is 0 Å². The van der Waals surface area contributed by atoms with Crippen LogP contribution in [0.2, 0.25) is 0 Å². The van der Waals surface area contributed by atoms with E-state index in [-0.39, 0.29) is 5.82 Å². The molecule has 24 heavy (non-hydrogen) atoms. The average Bonchev–Trinajstić information content (AvgIpc) is 2.57. The fraction of sp³-hybridized carbons (Fsp3) is 0.550. The van der Waals surface area contributed by atoms with Crippen molar-refractivity contribution in [3.05, 3.63) is 41.8 Å². The molecule has 1 aromatic heterocycles. The zero-order valence-electron chi connectivity index (χ0n) is 15.5. The van der Waals surface area contributed by atoms with Crippen molar-refractivity contribution in [3.63, 3.8) is 0 Å². The first-order valence-electron chi connectivity index (χ1n) is 9.08. The number of nitrogens with one attached hydrogen (secondary N) is 1. The molecule has 1 N–H and O–H groups in total. The predicted octanol–water partition coefficient (Wildman–Crippen LogP) is 4.39. The molecule has 1 aliphatic rings. The third-order valence-electron chi connectivity index (χ3n) is 4.40. The molecule has 0 spiro atoms. The molecular weight excluding hydrogens is 301 g/mol. The van der Waals surface area contributed by atoms with Gasteiger partial charge in [-0.3, -0.25) is 9.88 Å². The van der Waals surface area contributed by atoms with E-state index in [1.807, 2.05) is 19.9 Å². The third kappa shape index (κ3) is 4.31. The molecule has 1 saturated heterocycles. The smallest absolute Gasteiger partial charge is 0.123 e. The fourth-order valence-corrected chi connectivity index (χ4v) is 3.44. The summed E-state index contributed by atoms with van der Waals surface area (Å²) in [7, 11) is 0. The number of piperazine rings is 1. The summed E-state index contributed by atoms with van der Waals surface area (Å²) in [6.07, 6.45) is 0. The molecule has 1 fully saturated rings. The van der Waals surface area contributed by atoms with Gasteiger partial charge >= 0.3 is 0 Å². The maximum absolute atomic E-state index is 13.3. The summed E-state index contributed by atoms with van der Waals surface area (Å²) >= 11 is 0. The van der Waals surface area contributed by atoms with E-state index in [0.29, 0.717) is 18.0 Å². The molecule has 3 nitrogen and oxygen atoms in total. The molecule has 2 aromatic rings. The van der Waals surface area contributed by atoms with E-state index in [9.17, 15) is 4.39 Å². The molecule has 0 amide bonds. The largest absolute Gasteiger partial charge is 0.312 e. The molecule has 2 atom stereocenters. The monoisotopic (exact) mass is 331 g/mol. The molecule has 0 aliphatic carbocycles. The van der Waals surface area contributed by atoms with Gasteiger partial charge in [-0.1, -0.05) is 33.8 Å². The van der Waals surface area contributed by atoms with Gasteiger partial charge in [0.25, 0.3) is 0 Å². The number of pyridine rings is 1.